The molecule has 0 rings (SSSR count). The summed E-state index contributed by atoms with van der Waals surface area (Å²) in [5.74, 6) is 0. The highest BCUT2D eigenvalue weighted by molar-refractivity contribution is 7.80. The summed E-state index contributed by atoms with van der Waals surface area (Å²) < 4.78 is 0. The fourth-order valence-electron chi connectivity index (χ4n) is 1.15. The van der Waals surface area contributed by atoms with Gasteiger partial charge in [-0.25, -0.2) is 0 Å². The lowest BCUT2D eigenvalue weighted by molar-refractivity contribution is 0.925. The fraction of sp³-hybridized carbons (Fsp3) is 0.385. The van der Waals surface area contributed by atoms with Crippen molar-refractivity contribution in [2.45, 2.75) is 20.3 Å². The quantitative estimate of drug-likeness (QED) is 0.234. The third-order valence-corrected chi connectivity index (χ3v) is 2.49. The standard InChI is InChI=1S/C13H22N6S2/c1-5-7-14-12(20)18-16-10(3)9-11(4)17-19-13(21)15-8-6-2/h5-6H,1-2,7-9H2,3-4H3,(H2,14,18,20)(H2,15,19,21). The maximum atomic E-state index is 5.02. The minimum absolute atomic E-state index is 0.455. The highest BCUT2D eigenvalue weighted by Gasteiger charge is 1.98. The average molecular weight is 326 g/mol. The van der Waals surface area contributed by atoms with Crippen molar-refractivity contribution in [2.24, 2.45) is 10.2 Å². The first-order valence-electron chi connectivity index (χ1n) is 6.35. The maximum Gasteiger partial charge on any atom is 0.187 e. The molecular formula is C13H22N6S2. The van der Waals surface area contributed by atoms with E-state index in [1.807, 2.05) is 13.8 Å². The van der Waals surface area contributed by atoms with Gasteiger partial charge >= 0.3 is 0 Å². The van der Waals surface area contributed by atoms with Crippen molar-refractivity contribution in [3.8, 4) is 0 Å². The van der Waals surface area contributed by atoms with Crippen LogP contribution in [0.3, 0.4) is 0 Å². The summed E-state index contributed by atoms with van der Waals surface area (Å²) in [7, 11) is 0. The summed E-state index contributed by atoms with van der Waals surface area (Å²) in [4.78, 5) is 0. The first kappa shape index (κ1) is 19.2. The number of thiocarbonyl (C=S) groups is 2. The minimum atomic E-state index is 0.455. The van der Waals surface area contributed by atoms with Crippen LogP contribution in [0.4, 0.5) is 0 Å². The molecular weight excluding hydrogens is 304 g/mol. The van der Waals surface area contributed by atoms with Crippen LogP contribution in [0.1, 0.15) is 20.3 Å². The first-order valence-corrected chi connectivity index (χ1v) is 7.17. The van der Waals surface area contributed by atoms with E-state index in [1.165, 1.54) is 0 Å². The van der Waals surface area contributed by atoms with E-state index in [4.69, 9.17) is 24.4 Å². The summed E-state index contributed by atoms with van der Waals surface area (Å²) in [6.07, 6.45) is 4.04. The lowest BCUT2D eigenvalue weighted by Crippen LogP contribution is -2.33. The molecule has 21 heavy (non-hydrogen) atoms. The van der Waals surface area contributed by atoms with Crippen molar-refractivity contribution in [2.75, 3.05) is 13.1 Å². The molecule has 4 N–H and O–H groups in total. The van der Waals surface area contributed by atoms with Gasteiger partial charge in [0.05, 0.1) is 0 Å². The van der Waals surface area contributed by atoms with Gasteiger partial charge in [0.2, 0.25) is 0 Å². The number of nitrogens with one attached hydrogen (secondary N) is 4. The molecule has 0 atom stereocenters. The Labute approximate surface area is 136 Å². The van der Waals surface area contributed by atoms with Crippen LogP contribution in [-0.2, 0) is 0 Å². The molecule has 8 heteroatoms. The largest absolute Gasteiger partial charge is 0.358 e. The van der Waals surface area contributed by atoms with Crippen LogP contribution in [-0.4, -0.2) is 34.7 Å². The molecule has 0 spiro atoms. The van der Waals surface area contributed by atoms with Crippen molar-refractivity contribution in [3.63, 3.8) is 0 Å². The average Bonchev–Trinajstić information content (AvgIpc) is 2.46. The summed E-state index contributed by atoms with van der Waals surface area (Å²) in [5, 5.41) is 15.1. The van der Waals surface area contributed by atoms with Crippen molar-refractivity contribution in [3.05, 3.63) is 25.3 Å². The van der Waals surface area contributed by atoms with E-state index in [1.54, 1.807) is 12.2 Å². The SMILES string of the molecule is C=CCNC(=S)NN=C(C)CC(C)=NNC(=S)NCC=C. The Morgan fingerprint density at radius 1 is 0.905 bits per heavy atom. The molecule has 116 valence electrons. The van der Waals surface area contributed by atoms with Gasteiger partial charge in [-0.2, -0.15) is 10.2 Å². The van der Waals surface area contributed by atoms with Crippen molar-refractivity contribution in [1.82, 2.24) is 21.5 Å². The van der Waals surface area contributed by atoms with Gasteiger partial charge in [-0.05, 0) is 38.3 Å². The van der Waals surface area contributed by atoms with Crippen LogP contribution in [0.15, 0.2) is 35.5 Å². The van der Waals surface area contributed by atoms with Crippen LogP contribution in [0.2, 0.25) is 0 Å². The number of nitrogens with zero attached hydrogens (tertiary/aromatic N) is 2. The zero-order valence-corrected chi connectivity index (χ0v) is 14.0. The van der Waals surface area contributed by atoms with Gasteiger partial charge in [0.15, 0.2) is 10.2 Å². The molecule has 0 aromatic heterocycles. The zero-order valence-electron chi connectivity index (χ0n) is 12.4. The predicted octanol–water partition coefficient (Wildman–Crippen LogP) is 1.43. The van der Waals surface area contributed by atoms with Crippen LogP contribution >= 0.6 is 24.4 Å². The molecule has 6 nitrogen and oxygen atoms in total. The van der Waals surface area contributed by atoms with Gasteiger partial charge < -0.3 is 10.6 Å². The first-order chi connectivity index (χ1) is 9.99. The normalized spacial score (nSPS) is 11.3. The van der Waals surface area contributed by atoms with Gasteiger partial charge in [0, 0.05) is 30.9 Å². The van der Waals surface area contributed by atoms with Crippen molar-refractivity contribution >= 4 is 46.1 Å². The maximum absolute atomic E-state index is 5.02. The monoisotopic (exact) mass is 326 g/mol. The Bertz CT molecular complexity index is 402. The second-order valence-electron chi connectivity index (χ2n) is 4.09. The Balaban J connectivity index is 4.14. The van der Waals surface area contributed by atoms with Crippen LogP contribution in [0.5, 0.6) is 0 Å². The third kappa shape index (κ3) is 11.7. The van der Waals surface area contributed by atoms with Crippen molar-refractivity contribution < 1.29 is 0 Å². The highest BCUT2D eigenvalue weighted by atomic mass is 32.1. The van der Waals surface area contributed by atoms with E-state index < -0.39 is 0 Å². The van der Waals surface area contributed by atoms with E-state index in [0.29, 0.717) is 29.7 Å². The Kier molecular flexibility index (Phi) is 11.0. The van der Waals surface area contributed by atoms with Gasteiger partial charge in [-0.3, -0.25) is 10.9 Å². The second-order valence-corrected chi connectivity index (χ2v) is 4.91. The van der Waals surface area contributed by atoms with Gasteiger partial charge in [0.25, 0.3) is 0 Å². The molecule has 0 saturated carbocycles. The van der Waals surface area contributed by atoms with E-state index in [0.717, 1.165) is 11.4 Å². The Morgan fingerprint density at radius 2 is 1.29 bits per heavy atom. The predicted molar refractivity (Wildman–Crippen MR) is 98.7 cm³/mol. The van der Waals surface area contributed by atoms with Crippen LogP contribution < -0.4 is 21.5 Å². The molecule has 0 unspecified atom stereocenters. The molecule has 0 saturated heterocycles. The number of hydrazone groups is 2. The third-order valence-electron chi connectivity index (χ3n) is 2.02. The number of hydrogen-bond donors (Lipinski definition) is 4. The summed E-state index contributed by atoms with van der Waals surface area (Å²) in [5.41, 5.74) is 7.21. The molecule has 0 heterocycles. The van der Waals surface area contributed by atoms with Gasteiger partial charge in [-0.15, -0.1) is 13.2 Å². The molecule has 0 bridgehead atoms. The van der Waals surface area contributed by atoms with Crippen LogP contribution in [0, 0.1) is 0 Å². The molecule has 0 aromatic rings. The molecule has 0 radical (unpaired) electrons. The van der Waals surface area contributed by atoms with Gasteiger partial charge in [-0.1, -0.05) is 12.2 Å². The van der Waals surface area contributed by atoms with Crippen LogP contribution in [0.25, 0.3) is 0 Å². The van der Waals surface area contributed by atoms with E-state index in [-0.39, 0.29) is 0 Å². The van der Waals surface area contributed by atoms with E-state index in [9.17, 15) is 0 Å². The second kappa shape index (κ2) is 12.0. The number of hydrogen-bond acceptors (Lipinski definition) is 4. The molecule has 0 fully saturated rings. The molecule has 0 amide bonds. The molecule has 0 aliphatic heterocycles. The Morgan fingerprint density at radius 3 is 1.62 bits per heavy atom. The summed E-state index contributed by atoms with van der Waals surface area (Å²) >= 11 is 10.0. The molecule has 0 aromatic carbocycles. The lowest BCUT2D eigenvalue weighted by Gasteiger charge is -2.07. The minimum Gasteiger partial charge on any atom is -0.358 e. The number of rotatable bonds is 8. The van der Waals surface area contributed by atoms with E-state index >= 15 is 0 Å². The fourth-order valence-corrected chi connectivity index (χ4v) is 1.41. The highest BCUT2D eigenvalue weighted by Crippen LogP contribution is 1.89. The smallest absolute Gasteiger partial charge is 0.187 e. The Hall–Kier alpha value is -1.80. The van der Waals surface area contributed by atoms with Crippen molar-refractivity contribution in [1.29, 1.82) is 0 Å². The zero-order chi connectivity index (χ0) is 16.1. The summed E-state index contributed by atoms with van der Waals surface area (Å²) in [6, 6.07) is 0. The molecule has 0 aliphatic carbocycles. The van der Waals surface area contributed by atoms with Gasteiger partial charge in [0.1, 0.15) is 0 Å². The summed E-state index contributed by atoms with van der Waals surface area (Å²) in [6.45, 7) is 12.1. The van der Waals surface area contributed by atoms with E-state index in [2.05, 4.69) is 44.8 Å². The molecule has 0 aliphatic rings. The topological polar surface area (TPSA) is 72.8 Å². The lowest BCUT2D eigenvalue weighted by atomic mass is 10.2.